The molecule has 126 valence electrons. The number of nitrogens with one attached hydrogen (secondary N) is 2. The number of anilines is 1. The Kier molecular flexibility index (Phi) is 5.81. The van der Waals surface area contributed by atoms with Gasteiger partial charge in [0.25, 0.3) is 0 Å². The second kappa shape index (κ2) is 7.63. The summed E-state index contributed by atoms with van der Waals surface area (Å²) >= 11 is 6.02. The number of carbonyl (C=O) groups is 2. The van der Waals surface area contributed by atoms with E-state index in [-0.39, 0.29) is 0 Å². The van der Waals surface area contributed by atoms with Gasteiger partial charge in [0.1, 0.15) is 5.75 Å². The number of benzene rings is 1. The number of piperazine rings is 1. The summed E-state index contributed by atoms with van der Waals surface area (Å²) in [5.74, 6) is -1.05. The van der Waals surface area contributed by atoms with E-state index in [0.717, 1.165) is 18.7 Å². The van der Waals surface area contributed by atoms with Crippen molar-refractivity contribution in [1.29, 1.82) is 0 Å². The molecule has 0 bridgehead atoms. The molecule has 0 unspecified atom stereocenters. The predicted octanol–water partition coefficient (Wildman–Crippen LogP) is 0.874. The van der Waals surface area contributed by atoms with Gasteiger partial charge in [-0.25, -0.2) is 5.01 Å². The van der Waals surface area contributed by atoms with Crippen LogP contribution in [0.4, 0.5) is 5.69 Å². The smallest absolute Gasteiger partial charge is 0.323 e. The molecule has 1 aliphatic heterocycles. The van der Waals surface area contributed by atoms with Crippen molar-refractivity contribution in [3.05, 3.63) is 22.7 Å². The summed E-state index contributed by atoms with van der Waals surface area (Å²) in [5, 5.41) is 4.83. The van der Waals surface area contributed by atoms with Gasteiger partial charge in [0.2, 0.25) is 0 Å². The molecule has 2 N–H and O–H groups in total. The first-order valence-corrected chi connectivity index (χ1v) is 7.68. The number of likely N-dealkylation sites (N-methyl/N-ethyl adjacent to an activating group) is 1. The Labute approximate surface area is 140 Å². The summed E-state index contributed by atoms with van der Waals surface area (Å²) in [5.41, 5.74) is 3.80. The third-order valence-electron chi connectivity index (χ3n) is 3.70. The molecule has 0 saturated carbocycles. The molecule has 1 aromatic rings. The molecular weight excluding hydrogens is 320 g/mol. The molecule has 7 nitrogen and oxygen atoms in total. The van der Waals surface area contributed by atoms with Crippen molar-refractivity contribution in [1.82, 2.24) is 15.3 Å². The Morgan fingerprint density at radius 2 is 1.83 bits per heavy atom. The molecule has 0 atom stereocenters. The van der Waals surface area contributed by atoms with E-state index >= 15 is 0 Å². The number of nitrogens with zero attached hydrogens (tertiary/aromatic N) is 2. The molecule has 1 aromatic carbocycles. The fraction of sp³-hybridized carbons (Fsp3) is 0.467. The van der Waals surface area contributed by atoms with Gasteiger partial charge in [-0.3, -0.25) is 15.0 Å². The quantitative estimate of drug-likeness (QED) is 0.799. The Balaban J connectivity index is 1.98. The van der Waals surface area contributed by atoms with Gasteiger partial charge in [-0.15, -0.1) is 0 Å². The molecule has 1 heterocycles. The Bertz CT molecular complexity index is 601. The van der Waals surface area contributed by atoms with E-state index in [1.54, 1.807) is 17.1 Å². The maximum atomic E-state index is 12.1. The first kappa shape index (κ1) is 17.5. The van der Waals surface area contributed by atoms with Gasteiger partial charge in [-0.1, -0.05) is 11.6 Å². The molecule has 0 aromatic heterocycles. The van der Waals surface area contributed by atoms with Gasteiger partial charge in [0, 0.05) is 37.3 Å². The lowest BCUT2D eigenvalue weighted by atomic mass is 10.2. The number of amides is 2. The maximum Gasteiger partial charge on any atom is 0.323 e. The minimum Gasteiger partial charge on any atom is -0.495 e. The van der Waals surface area contributed by atoms with E-state index in [9.17, 15) is 9.59 Å². The number of hydrazine groups is 1. The Hall–Kier alpha value is -1.83. The average molecular weight is 341 g/mol. The van der Waals surface area contributed by atoms with Crippen LogP contribution in [0, 0.1) is 6.92 Å². The minimum absolute atomic E-state index is 0.404. The highest BCUT2D eigenvalue weighted by atomic mass is 35.5. The standard InChI is InChI=1S/C15H21ClN4O3/c1-10-8-12(13(23-3)9-11(10)16)17-14(21)15(22)18-20-6-4-19(2)5-7-20/h8-9H,4-7H2,1-3H3,(H,17,21)(H,18,22). The van der Waals surface area contributed by atoms with Gasteiger partial charge in [0.05, 0.1) is 12.8 Å². The first-order valence-electron chi connectivity index (χ1n) is 7.30. The number of ether oxygens (including phenoxy) is 1. The van der Waals surface area contributed by atoms with Crippen molar-refractivity contribution in [2.45, 2.75) is 6.92 Å². The molecule has 0 radical (unpaired) electrons. The van der Waals surface area contributed by atoms with Crippen molar-refractivity contribution in [3.8, 4) is 5.75 Å². The van der Waals surface area contributed by atoms with Gasteiger partial charge in [-0.2, -0.15) is 0 Å². The van der Waals surface area contributed by atoms with Crippen LogP contribution in [0.15, 0.2) is 12.1 Å². The summed E-state index contributed by atoms with van der Waals surface area (Å²) < 4.78 is 5.18. The number of rotatable bonds is 3. The van der Waals surface area contributed by atoms with Crippen LogP contribution in [0.5, 0.6) is 5.75 Å². The van der Waals surface area contributed by atoms with Crippen LogP contribution in [0.2, 0.25) is 5.02 Å². The lowest BCUT2D eigenvalue weighted by Crippen LogP contribution is -2.54. The summed E-state index contributed by atoms with van der Waals surface area (Å²) in [6.45, 7) is 4.84. The molecule has 1 saturated heterocycles. The number of aryl methyl sites for hydroxylation is 1. The fourth-order valence-electron chi connectivity index (χ4n) is 2.22. The zero-order valence-electron chi connectivity index (χ0n) is 13.5. The van der Waals surface area contributed by atoms with Crippen LogP contribution in [0.25, 0.3) is 0 Å². The molecule has 8 heteroatoms. The number of methoxy groups -OCH3 is 1. The Morgan fingerprint density at radius 3 is 2.43 bits per heavy atom. The van der Waals surface area contributed by atoms with E-state index in [2.05, 4.69) is 15.6 Å². The third kappa shape index (κ3) is 4.57. The van der Waals surface area contributed by atoms with Crippen LogP contribution in [-0.2, 0) is 9.59 Å². The van der Waals surface area contributed by atoms with Gasteiger partial charge in [-0.05, 0) is 25.6 Å². The van der Waals surface area contributed by atoms with Crippen molar-refractivity contribution in [3.63, 3.8) is 0 Å². The largest absolute Gasteiger partial charge is 0.495 e. The van der Waals surface area contributed by atoms with Gasteiger partial charge < -0.3 is 15.0 Å². The number of hydrogen-bond donors (Lipinski definition) is 2. The second-order valence-corrected chi connectivity index (χ2v) is 5.89. The fourth-order valence-corrected chi connectivity index (χ4v) is 2.38. The van der Waals surface area contributed by atoms with E-state index in [1.165, 1.54) is 7.11 Å². The van der Waals surface area contributed by atoms with E-state index < -0.39 is 11.8 Å². The average Bonchev–Trinajstić information content (AvgIpc) is 2.52. The number of hydrogen-bond acceptors (Lipinski definition) is 5. The van der Waals surface area contributed by atoms with Crippen molar-refractivity contribution >= 4 is 29.1 Å². The minimum atomic E-state index is -0.746. The Morgan fingerprint density at radius 1 is 1.17 bits per heavy atom. The van der Waals surface area contributed by atoms with Crippen LogP contribution in [0.3, 0.4) is 0 Å². The normalized spacial score (nSPS) is 16.0. The van der Waals surface area contributed by atoms with E-state index in [1.807, 2.05) is 14.0 Å². The monoisotopic (exact) mass is 340 g/mol. The van der Waals surface area contributed by atoms with Gasteiger partial charge in [0.15, 0.2) is 0 Å². The molecule has 1 aliphatic rings. The summed E-state index contributed by atoms with van der Waals surface area (Å²) in [7, 11) is 3.49. The molecule has 2 rings (SSSR count). The second-order valence-electron chi connectivity index (χ2n) is 5.49. The highest BCUT2D eigenvalue weighted by Gasteiger charge is 2.21. The lowest BCUT2D eigenvalue weighted by Gasteiger charge is -2.32. The summed E-state index contributed by atoms with van der Waals surface area (Å²) in [6.07, 6.45) is 0. The molecule has 0 aliphatic carbocycles. The van der Waals surface area contributed by atoms with Crippen LogP contribution in [-0.4, -0.2) is 62.1 Å². The van der Waals surface area contributed by atoms with Crippen molar-refractivity contribution in [2.75, 3.05) is 45.7 Å². The lowest BCUT2D eigenvalue weighted by molar-refractivity contribution is -0.139. The molecule has 1 fully saturated rings. The molecular formula is C15H21ClN4O3. The predicted molar refractivity (Wildman–Crippen MR) is 88.6 cm³/mol. The number of halogens is 1. The van der Waals surface area contributed by atoms with Crippen molar-refractivity contribution in [2.24, 2.45) is 0 Å². The maximum absolute atomic E-state index is 12.1. The van der Waals surface area contributed by atoms with Crippen LogP contribution < -0.4 is 15.5 Å². The van der Waals surface area contributed by atoms with E-state index in [4.69, 9.17) is 16.3 Å². The van der Waals surface area contributed by atoms with Crippen molar-refractivity contribution < 1.29 is 14.3 Å². The highest BCUT2D eigenvalue weighted by Crippen LogP contribution is 2.30. The van der Waals surface area contributed by atoms with E-state index in [0.29, 0.717) is 29.5 Å². The third-order valence-corrected chi connectivity index (χ3v) is 4.11. The SMILES string of the molecule is COc1cc(Cl)c(C)cc1NC(=O)C(=O)NN1CCN(C)CC1. The molecule has 23 heavy (non-hydrogen) atoms. The highest BCUT2D eigenvalue weighted by molar-refractivity contribution is 6.39. The van der Waals surface area contributed by atoms with Crippen LogP contribution >= 0.6 is 11.6 Å². The zero-order valence-corrected chi connectivity index (χ0v) is 14.2. The number of carbonyl (C=O) groups excluding carboxylic acids is 2. The molecule has 0 spiro atoms. The van der Waals surface area contributed by atoms with Gasteiger partial charge >= 0.3 is 11.8 Å². The first-order chi connectivity index (χ1) is 10.9. The zero-order chi connectivity index (χ0) is 17.0. The molecule has 2 amide bonds. The summed E-state index contributed by atoms with van der Waals surface area (Å²) in [6, 6.07) is 3.27. The topological polar surface area (TPSA) is 73.9 Å². The van der Waals surface area contributed by atoms with Crippen LogP contribution in [0.1, 0.15) is 5.56 Å². The summed E-state index contributed by atoms with van der Waals surface area (Å²) in [4.78, 5) is 26.2.